The number of likely N-dealkylation sites (N-methyl/N-ethyl adjacent to an activating group) is 2. The van der Waals surface area contributed by atoms with Crippen LogP contribution in [0.1, 0.15) is 17.2 Å². The quantitative estimate of drug-likeness (QED) is 0.758. The Kier molecular flexibility index (Phi) is 6.11. The zero-order chi connectivity index (χ0) is 21.3. The molecule has 0 unspecified atom stereocenters. The van der Waals surface area contributed by atoms with Crippen molar-refractivity contribution in [2.75, 3.05) is 58.3 Å². The van der Waals surface area contributed by atoms with Crippen molar-refractivity contribution in [2.45, 2.75) is 17.4 Å². The van der Waals surface area contributed by atoms with Crippen LogP contribution in [0, 0.1) is 5.82 Å². The number of fused-ring (bicyclic) bond motifs is 1. The van der Waals surface area contributed by atoms with Gasteiger partial charge in [-0.05, 0) is 48.9 Å². The second kappa shape index (κ2) is 8.63. The molecule has 0 aromatic heterocycles. The lowest BCUT2D eigenvalue weighted by atomic mass is 10.0. The van der Waals surface area contributed by atoms with Crippen molar-refractivity contribution in [2.24, 2.45) is 0 Å². The van der Waals surface area contributed by atoms with Crippen LogP contribution in [-0.2, 0) is 16.4 Å². The van der Waals surface area contributed by atoms with Gasteiger partial charge in [-0.1, -0.05) is 18.2 Å². The summed E-state index contributed by atoms with van der Waals surface area (Å²) < 4.78 is 41.8. The van der Waals surface area contributed by atoms with E-state index in [9.17, 15) is 12.8 Å². The second-order valence-corrected chi connectivity index (χ2v) is 9.99. The van der Waals surface area contributed by atoms with Crippen LogP contribution < -0.4 is 9.62 Å². The van der Waals surface area contributed by atoms with Gasteiger partial charge in [-0.3, -0.25) is 4.90 Å². The molecule has 30 heavy (non-hydrogen) atoms. The number of benzene rings is 2. The maximum Gasteiger partial charge on any atom is 0.240 e. The van der Waals surface area contributed by atoms with E-state index in [1.807, 2.05) is 0 Å². The third-order valence-electron chi connectivity index (χ3n) is 6.17. The molecule has 6 nitrogen and oxygen atoms in total. The first-order chi connectivity index (χ1) is 14.3. The number of sulfonamides is 1. The Morgan fingerprint density at radius 3 is 2.53 bits per heavy atom. The molecular formula is C22H29FN4O2S. The highest BCUT2D eigenvalue weighted by atomic mass is 32.2. The summed E-state index contributed by atoms with van der Waals surface area (Å²) in [5.74, 6) is -0.559. The molecule has 1 saturated heterocycles. The number of hydrogen-bond donors (Lipinski definition) is 1. The molecule has 162 valence electrons. The van der Waals surface area contributed by atoms with Crippen LogP contribution in [-0.4, -0.2) is 71.6 Å². The van der Waals surface area contributed by atoms with Crippen LogP contribution in [0.2, 0.25) is 0 Å². The molecule has 2 heterocycles. The summed E-state index contributed by atoms with van der Waals surface area (Å²) in [6.45, 7) is 4.89. The second-order valence-electron chi connectivity index (χ2n) is 8.22. The van der Waals surface area contributed by atoms with Crippen molar-refractivity contribution in [1.82, 2.24) is 14.5 Å². The first-order valence-electron chi connectivity index (χ1n) is 10.4. The smallest absolute Gasteiger partial charge is 0.240 e. The van der Waals surface area contributed by atoms with Crippen LogP contribution in [0.4, 0.5) is 10.1 Å². The van der Waals surface area contributed by atoms with Crippen molar-refractivity contribution in [3.05, 3.63) is 59.4 Å². The van der Waals surface area contributed by atoms with Gasteiger partial charge in [0, 0.05) is 58.0 Å². The van der Waals surface area contributed by atoms with Crippen molar-refractivity contribution < 1.29 is 12.8 Å². The normalized spacial score (nSPS) is 19.1. The molecule has 8 heteroatoms. The molecule has 0 aliphatic carbocycles. The maximum absolute atomic E-state index is 13.5. The Labute approximate surface area is 178 Å². The van der Waals surface area contributed by atoms with E-state index in [4.69, 9.17) is 0 Å². The van der Waals surface area contributed by atoms with Crippen LogP contribution in [0.5, 0.6) is 0 Å². The Balaban J connectivity index is 1.58. The summed E-state index contributed by atoms with van der Waals surface area (Å²) in [4.78, 5) is 6.82. The highest BCUT2D eigenvalue weighted by Gasteiger charge is 2.27. The number of hydrogen-bond acceptors (Lipinski definition) is 5. The molecular weight excluding hydrogens is 403 g/mol. The van der Waals surface area contributed by atoms with Gasteiger partial charge in [0.15, 0.2) is 0 Å². The fraction of sp³-hybridized carbons (Fsp3) is 0.455. The molecule has 2 aliphatic heterocycles. The van der Waals surface area contributed by atoms with E-state index in [1.54, 1.807) is 0 Å². The molecule has 0 bridgehead atoms. The average molecular weight is 433 g/mol. The predicted molar refractivity (Wildman–Crippen MR) is 117 cm³/mol. The van der Waals surface area contributed by atoms with E-state index < -0.39 is 15.8 Å². The minimum atomic E-state index is -3.79. The number of anilines is 1. The fourth-order valence-electron chi connectivity index (χ4n) is 4.29. The summed E-state index contributed by atoms with van der Waals surface area (Å²) in [5, 5.41) is 0. The Morgan fingerprint density at radius 2 is 1.80 bits per heavy atom. The lowest BCUT2D eigenvalue weighted by Gasteiger charge is -2.38. The largest absolute Gasteiger partial charge is 0.374 e. The van der Waals surface area contributed by atoms with Crippen molar-refractivity contribution >= 4 is 15.7 Å². The predicted octanol–water partition coefficient (Wildman–Crippen LogP) is 2.08. The van der Waals surface area contributed by atoms with Crippen LogP contribution >= 0.6 is 0 Å². The zero-order valence-electron chi connectivity index (χ0n) is 17.5. The fourth-order valence-corrected chi connectivity index (χ4v) is 5.36. The highest BCUT2D eigenvalue weighted by Crippen LogP contribution is 2.31. The van der Waals surface area contributed by atoms with Gasteiger partial charge < -0.3 is 9.80 Å². The third-order valence-corrected chi connectivity index (χ3v) is 7.59. The Morgan fingerprint density at radius 1 is 1.03 bits per heavy atom. The monoisotopic (exact) mass is 432 g/mol. The molecule has 0 saturated carbocycles. The number of nitrogens with one attached hydrogen (secondary N) is 1. The zero-order valence-corrected chi connectivity index (χ0v) is 18.3. The first kappa shape index (κ1) is 21.2. The van der Waals surface area contributed by atoms with Crippen molar-refractivity contribution in [3.8, 4) is 0 Å². The first-order valence-corrected chi connectivity index (χ1v) is 11.8. The van der Waals surface area contributed by atoms with Crippen LogP contribution in [0.3, 0.4) is 0 Å². The van der Waals surface area contributed by atoms with E-state index in [1.165, 1.54) is 29.4 Å². The van der Waals surface area contributed by atoms with E-state index >= 15 is 0 Å². The lowest BCUT2D eigenvalue weighted by Crippen LogP contribution is -2.48. The van der Waals surface area contributed by atoms with Crippen LogP contribution in [0.15, 0.2) is 47.4 Å². The Hall–Kier alpha value is -2.00. The topological polar surface area (TPSA) is 55.9 Å². The summed E-state index contributed by atoms with van der Waals surface area (Å²) >= 11 is 0. The number of rotatable bonds is 6. The number of piperazine rings is 1. The molecule has 1 atom stereocenters. The minimum Gasteiger partial charge on any atom is -0.374 e. The highest BCUT2D eigenvalue weighted by molar-refractivity contribution is 7.89. The van der Waals surface area contributed by atoms with Gasteiger partial charge in [0.05, 0.1) is 4.90 Å². The standard InChI is InChI=1S/C22H29FN4O2S/c1-25-10-12-27(13-11-25)22(17-6-7-21-18(14-17)8-9-26(21)2)16-24-30(28,29)20-5-3-4-19(23)15-20/h3-7,14-15,22,24H,8-13,16H2,1-2H3/t22-/m0/s1. The lowest BCUT2D eigenvalue weighted by molar-refractivity contribution is 0.113. The summed E-state index contributed by atoms with van der Waals surface area (Å²) in [6, 6.07) is 11.5. The van der Waals surface area contributed by atoms with Gasteiger partial charge in [-0.2, -0.15) is 0 Å². The minimum absolute atomic E-state index is 0.0461. The van der Waals surface area contributed by atoms with E-state index in [2.05, 4.69) is 51.7 Å². The van der Waals surface area contributed by atoms with E-state index in [-0.39, 0.29) is 17.5 Å². The van der Waals surface area contributed by atoms with Gasteiger partial charge in [0.25, 0.3) is 0 Å². The summed E-state index contributed by atoms with van der Waals surface area (Å²) in [7, 11) is 0.404. The van der Waals surface area contributed by atoms with Gasteiger partial charge in [-0.25, -0.2) is 17.5 Å². The van der Waals surface area contributed by atoms with Gasteiger partial charge in [0.2, 0.25) is 10.0 Å². The molecule has 1 fully saturated rings. The molecule has 0 spiro atoms. The average Bonchev–Trinajstić information content (AvgIpc) is 3.10. The van der Waals surface area contributed by atoms with Gasteiger partial charge >= 0.3 is 0 Å². The molecule has 4 rings (SSSR count). The molecule has 0 radical (unpaired) electrons. The maximum atomic E-state index is 13.5. The van der Waals surface area contributed by atoms with E-state index in [0.29, 0.717) is 0 Å². The molecule has 2 aliphatic rings. The molecule has 2 aromatic carbocycles. The summed E-state index contributed by atoms with van der Waals surface area (Å²) in [5.41, 5.74) is 3.67. The number of nitrogens with zero attached hydrogens (tertiary/aromatic N) is 3. The van der Waals surface area contributed by atoms with E-state index in [0.717, 1.165) is 50.8 Å². The van der Waals surface area contributed by atoms with Gasteiger partial charge in [-0.15, -0.1) is 0 Å². The van der Waals surface area contributed by atoms with Gasteiger partial charge in [0.1, 0.15) is 5.82 Å². The van der Waals surface area contributed by atoms with Crippen molar-refractivity contribution in [3.63, 3.8) is 0 Å². The SMILES string of the molecule is CN1CCN([C@@H](CNS(=O)(=O)c2cccc(F)c2)c2ccc3c(c2)CCN3C)CC1. The Bertz CT molecular complexity index is 1010. The molecule has 0 amide bonds. The van der Waals surface area contributed by atoms with Crippen molar-refractivity contribution in [1.29, 1.82) is 0 Å². The molecule has 1 N–H and O–H groups in total. The molecule has 2 aromatic rings. The number of halogens is 1. The third kappa shape index (κ3) is 4.51. The summed E-state index contributed by atoms with van der Waals surface area (Å²) in [6.07, 6.45) is 1.00. The van der Waals surface area contributed by atoms with Crippen LogP contribution in [0.25, 0.3) is 0 Å².